The lowest BCUT2D eigenvalue weighted by molar-refractivity contribution is 0.449. The van der Waals surface area contributed by atoms with Crippen LogP contribution in [0.4, 0.5) is 0 Å². The van der Waals surface area contributed by atoms with Crippen molar-refractivity contribution in [2.75, 3.05) is 0 Å². The molecule has 22 heavy (non-hydrogen) atoms. The summed E-state index contributed by atoms with van der Waals surface area (Å²) in [6, 6.07) is 16.5. The van der Waals surface area contributed by atoms with Gasteiger partial charge in [-0.1, -0.05) is 76.1 Å². The molecule has 0 aliphatic heterocycles. The molecule has 1 nitrogen and oxygen atoms in total. The highest BCUT2D eigenvalue weighted by molar-refractivity contribution is 5.39. The number of benzene rings is 2. The molecule has 1 heteroatoms. The lowest BCUT2D eigenvalue weighted by Crippen LogP contribution is -2.22. The smallest absolute Gasteiger partial charge is 0.118 e. The van der Waals surface area contributed by atoms with Crippen LogP contribution in [0.5, 0.6) is 5.75 Å². The molecule has 0 unspecified atom stereocenters. The van der Waals surface area contributed by atoms with Gasteiger partial charge in [0.15, 0.2) is 0 Å². The van der Waals surface area contributed by atoms with Crippen LogP contribution in [-0.2, 0) is 18.3 Å². The maximum absolute atomic E-state index is 10.1. The summed E-state index contributed by atoms with van der Waals surface area (Å²) >= 11 is 0. The summed E-state index contributed by atoms with van der Waals surface area (Å²) in [5, 5.41) is 10.1. The Bertz CT molecular complexity index is 598. The fraction of sp³-hybridized carbons (Fsp3) is 0.429. The Morgan fingerprint density at radius 3 is 2.18 bits per heavy atom. The molecule has 2 aromatic carbocycles. The van der Waals surface area contributed by atoms with Gasteiger partial charge in [0.25, 0.3) is 0 Å². The Kier molecular flexibility index (Phi) is 5.65. The van der Waals surface area contributed by atoms with Crippen molar-refractivity contribution in [3.63, 3.8) is 0 Å². The van der Waals surface area contributed by atoms with Crippen molar-refractivity contribution < 1.29 is 5.11 Å². The number of aromatic hydroxyl groups is 1. The van der Waals surface area contributed by atoms with Gasteiger partial charge in [0.2, 0.25) is 0 Å². The Labute approximate surface area is 135 Å². The van der Waals surface area contributed by atoms with Gasteiger partial charge in [-0.25, -0.2) is 0 Å². The average molecular weight is 296 g/mol. The van der Waals surface area contributed by atoms with Crippen molar-refractivity contribution in [3.05, 3.63) is 65.2 Å². The van der Waals surface area contributed by atoms with E-state index in [-0.39, 0.29) is 5.41 Å². The SMILES string of the molecule is CCCCCc1ccccc1C(C)(C)Cc1ccccc1O. The molecule has 0 amide bonds. The zero-order valence-corrected chi connectivity index (χ0v) is 14.1. The molecule has 2 aromatic rings. The van der Waals surface area contributed by atoms with Crippen LogP contribution in [0.25, 0.3) is 0 Å². The summed E-state index contributed by atoms with van der Waals surface area (Å²) in [6.07, 6.45) is 5.79. The molecule has 118 valence electrons. The van der Waals surface area contributed by atoms with E-state index in [1.54, 1.807) is 6.07 Å². The van der Waals surface area contributed by atoms with Gasteiger partial charge < -0.3 is 5.11 Å². The van der Waals surface area contributed by atoms with E-state index in [4.69, 9.17) is 0 Å². The molecular weight excluding hydrogens is 268 g/mol. The lowest BCUT2D eigenvalue weighted by Gasteiger charge is -2.28. The molecule has 0 atom stereocenters. The van der Waals surface area contributed by atoms with Crippen molar-refractivity contribution in [1.29, 1.82) is 0 Å². The molecule has 0 aliphatic carbocycles. The molecule has 0 heterocycles. The minimum absolute atomic E-state index is 0.0155. The summed E-state index contributed by atoms with van der Waals surface area (Å²) in [4.78, 5) is 0. The largest absolute Gasteiger partial charge is 0.508 e. The average Bonchev–Trinajstić information content (AvgIpc) is 2.50. The van der Waals surface area contributed by atoms with Crippen LogP contribution >= 0.6 is 0 Å². The third kappa shape index (κ3) is 4.13. The van der Waals surface area contributed by atoms with Crippen LogP contribution < -0.4 is 0 Å². The van der Waals surface area contributed by atoms with Crippen molar-refractivity contribution >= 4 is 0 Å². The van der Waals surface area contributed by atoms with E-state index in [0.717, 1.165) is 18.4 Å². The molecule has 0 aromatic heterocycles. The number of hydrogen-bond acceptors (Lipinski definition) is 1. The molecule has 0 radical (unpaired) electrons. The third-order valence-corrected chi connectivity index (χ3v) is 4.42. The van der Waals surface area contributed by atoms with Crippen LogP contribution in [-0.4, -0.2) is 5.11 Å². The van der Waals surface area contributed by atoms with E-state index in [1.165, 1.54) is 30.4 Å². The number of phenols is 1. The third-order valence-electron chi connectivity index (χ3n) is 4.42. The molecule has 0 bridgehead atoms. The molecule has 0 aliphatic rings. The Morgan fingerprint density at radius 2 is 1.50 bits per heavy atom. The monoisotopic (exact) mass is 296 g/mol. The molecule has 0 spiro atoms. The second kappa shape index (κ2) is 7.49. The number of hydrogen-bond donors (Lipinski definition) is 1. The van der Waals surface area contributed by atoms with Gasteiger partial charge in [-0.2, -0.15) is 0 Å². The van der Waals surface area contributed by atoms with Gasteiger partial charge in [0.1, 0.15) is 5.75 Å². The summed E-state index contributed by atoms with van der Waals surface area (Å²) < 4.78 is 0. The Hall–Kier alpha value is -1.76. The molecule has 0 saturated carbocycles. The Morgan fingerprint density at radius 1 is 0.864 bits per heavy atom. The molecule has 0 fully saturated rings. The molecular formula is C21H28O. The zero-order chi connectivity index (χ0) is 16.0. The standard InChI is InChI=1S/C21H28O/c1-4-5-6-11-17-12-7-9-14-19(17)21(2,3)16-18-13-8-10-15-20(18)22/h7-10,12-15,22H,4-6,11,16H2,1-3H3. The lowest BCUT2D eigenvalue weighted by atomic mass is 9.76. The van der Waals surface area contributed by atoms with E-state index in [0.29, 0.717) is 5.75 Å². The van der Waals surface area contributed by atoms with E-state index in [2.05, 4.69) is 45.0 Å². The van der Waals surface area contributed by atoms with Gasteiger partial charge >= 0.3 is 0 Å². The number of rotatable bonds is 7. The van der Waals surface area contributed by atoms with Crippen LogP contribution in [0, 0.1) is 0 Å². The summed E-state index contributed by atoms with van der Waals surface area (Å²) in [5.41, 5.74) is 3.91. The number of para-hydroxylation sites is 1. The maximum Gasteiger partial charge on any atom is 0.118 e. The first-order valence-corrected chi connectivity index (χ1v) is 8.40. The minimum atomic E-state index is 0.0155. The van der Waals surface area contributed by atoms with Crippen LogP contribution in [0.15, 0.2) is 48.5 Å². The van der Waals surface area contributed by atoms with Crippen LogP contribution in [0.2, 0.25) is 0 Å². The molecule has 2 rings (SSSR count). The fourth-order valence-corrected chi connectivity index (χ4v) is 3.20. The number of phenolic OH excluding ortho intramolecular Hbond substituents is 1. The highest BCUT2D eigenvalue weighted by Gasteiger charge is 2.24. The predicted octanol–water partition coefficient (Wildman–Crippen LogP) is 5.65. The molecule has 0 saturated heterocycles. The van der Waals surface area contributed by atoms with Crippen molar-refractivity contribution in [2.24, 2.45) is 0 Å². The van der Waals surface area contributed by atoms with E-state index >= 15 is 0 Å². The van der Waals surface area contributed by atoms with Crippen molar-refractivity contribution in [1.82, 2.24) is 0 Å². The highest BCUT2D eigenvalue weighted by Crippen LogP contribution is 2.33. The summed E-state index contributed by atoms with van der Waals surface area (Å²) in [6.45, 7) is 6.80. The van der Waals surface area contributed by atoms with E-state index < -0.39 is 0 Å². The molecule has 1 N–H and O–H groups in total. The fourth-order valence-electron chi connectivity index (χ4n) is 3.20. The van der Waals surface area contributed by atoms with E-state index in [1.807, 2.05) is 18.2 Å². The second-order valence-electron chi connectivity index (χ2n) is 6.80. The number of aryl methyl sites for hydroxylation is 1. The highest BCUT2D eigenvalue weighted by atomic mass is 16.3. The quantitative estimate of drug-likeness (QED) is 0.655. The van der Waals surface area contributed by atoms with Crippen LogP contribution in [0.1, 0.15) is 56.7 Å². The number of unbranched alkanes of at least 4 members (excludes halogenated alkanes) is 2. The minimum Gasteiger partial charge on any atom is -0.508 e. The van der Waals surface area contributed by atoms with Crippen molar-refractivity contribution in [3.8, 4) is 5.75 Å². The zero-order valence-electron chi connectivity index (χ0n) is 14.1. The first-order chi connectivity index (χ1) is 10.5. The van der Waals surface area contributed by atoms with Gasteiger partial charge in [-0.3, -0.25) is 0 Å². The van der Waals surface area contributed by atoms with Crippen LogP contribution in [0.3, 0.4) is 0 Å². The summed E-state index contributed by atoms with van der Waals surface area (Å²) in [5.74, 6) is 0.402. The second-order valence-corrected chi connectivity index (χ2v) is 6.80. The maximum atomic E-state index is 10.1. The van der Waals surface area contributed by atoms with Gasteiger partial charge in [-0.15, -0.1) is 0 Å². The first-order valence-electron chi connectivity index (χ1n) is 8.40. The van der Waals surface area contributed by atoms with Gasteiger partial charge in [0.05, 0.1) is 0 Å². The van der Waals surface area contributed by atoms with E-state index in [9.17, 15) is 5.11 Å². The topological polar surface area (TPSA) is 20.2 Å². The van der Waals surface area contributed by atoms with Gasteiger partial charge in [-0.05, 0) is 47.4 Å². The normalized spacial score (nSPS) is 11.6. The first kappa shape index (κ1) is 16.6. The summed E-state index contributed by atoms with van der Waals surface area (Å²) in [7, 11) is 0. The van der Waals surface area contributed by atoms with Gasteiger partial charge in [0, 0.05) is 0 Å². The Balaban J connectivity index is 2.23. The van der Waals surface area contributed by atoms with Crippen molar-refractivity contribution in [2.45, 2.75) is 58.3 Å². The predicted molar refractivity (Wildman–Crippen MR) is 94.5 cm³/mol.